The van der Waals surface area contributed by atoms with E-state index in [1.54, 1.807) is 0 Å². The van der Waals surface area contributed by atoms with Crippen molar-refractivity contribution in [3.8, 4) is 11.1 Å². The fourth-order valence-electron chi connectivity index (χ4n) is 4.01. The minimum absolute atomic E-state index is 0.0406. The number of hydrogen-bond donors (Lipinski definition) is 0. The van der Waals surface area contributed by atoms with E-state index in [4.69, 9.17) is 14.1 Å². The molecule has 1 fully saturated rings. The number of fused-ring (bicyclic) bond motifs is 1. The molecule has 0 saturated carbocycles. The van der Waals surface area contributed by atoms with Crippen LogP contribution in [-0.4, -0.2) is 35.5 Å². The number of nitrogens with zero attached hydrogens (tertiary/aromatic N) is 2. The van der Waals surface area contributed by atoms with Crippen LogP contribution in [0, 0.1) is 0 Å². The lowest BCUT2D eigenvalue weighted by molar-refractivity contribution is 0.0728. The molecule has 3 aromatic rings. The van der Waals surface area contributed by atoms with Gasteiger partial charge < -0.3 is 14.1 Å². The van der Waals surface area contributed by atoms with Gasteiger partial charge >= 0.3 is 0 Å². The zero-order valence-electron chi connectivity index (χ0n) is 15.6. The van der Waals surface area contributed by atoms with Crippen molar-refractivity contribution in [1.82, 2.24) is 9.88 Å². The van der Waals surface area contributed by atoms with Gasteiger partial charge in [-0.3, -0.25) is 4.79 Å². The van der Waals surface area contributed by atoms with E-state index in [1.807, 2.05) is 59.5 Å². The van der Waals surface area contributed by atoms with Crippen LogP contribution in [0.5, 0.6) is 0 Å². The van der Waals surface area contributed by atoms with Crippen molar-refractivity contribution >= 4 is 5.91 Å². The fourth-order valence-corrected chi connectivity index (χ4v) is 4.01. The zero-order valence-corrected chi connectivity index (χ0v) is 15.6. The first-order valence-electron chi connectivity index (χ1n) is 9.79. The number of oxazole rings is 1. The van der Waals surface area contributed by atoms with Crippen LogP contribution in [0.4, 0.5) is 0 Å². The van der Waals surface area contributed by atoms with E-state index in [1.165, 1.54) is 0 Å². The summed E-state index contributed by atoms with van der Waals surface area (Å²) in [7, 11) is 0. The van der Waals surface area contributed by atoms with Gasteiger partial charge in [0.2, 0.25) is 0 Å². The second kappa shape index (κ2) is 7.24. The highest BCUT2D eigenvalue weighted by Gasteiger charge is 2.30. The van der Waals surface area contributed by atoms with Gasteiger partial charge in [0.25, 0.3) is 5.91 Å². The first-order chi connectivity index (χ1) is 13.8. The third-order valence-electron chi connectivity index (χ3n) is 5.55. The molecule has 2 aliphatic heterocycles. The van der Waals surface area contributed by atoms with Gasteiger partial charge in [-0.15, -0.1) is 0 Å². The molecule has 5 heteroatoms. The second-order valence-electron chi connectivity index (χ2n) is 7.37. The first kappa shape index (κ1) is 17.2. The Bertz CT molecular complexity index is 990. The van der Waals surface area contributed by atoms with Crippen LogP contribution in [0.1, 0.15) is 40.0 Å². The Hall–Kier alpha value is -2.92. The van der Waals surface area contributed by atoms with Crippen LogP contribution < -0.4 is 0 Å². The maximum Gasteiger partial charge on any atom is 0.254 e. The molecule has 1 saturated heterocycles. The zero-order chi connectivity index (χ0) is 18.9. The summed E-state index contributed by atoms with van der Waals surface area (Å²) in [6.45, 7) is 2.57. The summed E-state index contributed by atoms with van der Waals surface area (Å²) >= 11 is 0. The van der Waals surface area contributed by atoms with Gasteiger partial charge in [-0.25, -0.2) is 4.98 Å². The topological polar surface area (TPSA) is 55.6 Å². The summed E-state index contributed by atoms with van der Waals surface area (Å²) in [4.78, 5) is 19.9. The standard InChI is InChI=1S/C23H22N2O3/c26-23(19-9-5-4-8-18(19)16-6-2-1-3-7-16)25-12-10-21-20(14-25)24-22(28-21)17-11-13-27-15-17/h1-9,17H,10-15H2. The van der Waals surface area contributed by atoms with E-state index >= 15 is 0 Å². The highest BCUT2D eigenvalue weighted by Crippen LogP contribution is 2.30. The number of carbonyl (C=O) groups excluding carboxylic acids is 1. The number of carbonyl (C=O) groups is 1. The Morgan fingerprint density at radius 3 is 2.71 bits per heavy atom. The Labute approximate surface area is 164 Å². The summed E-state index contributed by atoms with van der Waals surface area (Å²) in [6, 6.07) is 17.8. The van der Waals surface area contributed by atoms with Crippen molar-refractivity contribution in [2.45, 2.75) is 25.3 Å². The largest absolute Gasteiger partial charge is 0.445 e. The third kappa shape index (κ3) is 3.12. The van der Waals surface area contributed by atoms with Crippen LogP contribution in [-0.2, 0) is 17.7 Å². The lowest BCUT2D eigenvalue weighted by Gasteiger charge is -2.26. The Kier molecular flexibility index (Phi) is 4.45. The highest BCUT2D eigenvalue weighted by molar-refractivity contribution is 6.00. The number of rotatable bonds is 3. The van der Waals surface area contributed by atoms with Gasteiger partial charge in [0.1, 0.15) is 11.5 Å². The molecule has 1 unspecified atom stereocenters. The molecule has 0 aliphatic carbocycles. The van der Waals surface area contributed by atoms with Gasteiger partial charge in [0.15, 0.2) is 5.89 Å². The minimum atomic E-state index is 0.0406. The van der Waals surface area contributed by atoms with Gasteiger partial charge in [0.05, 0.1) is 19.1 Å². The van der Waals surface area contributed by atoms with Gasteiger partial charge in [-0.05, 0) is 23.6 Å². The van der Waals surface area contributed by atoms with E-state index in [0.29, 0.717) is 26.1 Å². The van der Waals surface area contributed by atoms with Crippen molar-refractivity contribution in [3.05, 3.63) is 77.5 Å². The molecule has 3 heterocycles. The normalized spacial score (nSPS) is 18.9. The average molecular weight is 374 g/mol. The molecule has 1 amide bonds. The van der Waals surface area contributed by atoms with Gasteiger partial charge in [-0.2, -0.15) is 0 Å². The number of benzene rings is 2. The average Bonchev–Trinajstić information content (AvgIpc) is 3.43. The first-order valence-corrected chi connectivity index (χ1v) is 9.79. The molecule has 5 rings (SSSR count). The van der Waals surface area contributed by atoms with Crippen molar-refractivity contribution in [1.29, 1.82) is 0 Å². The molecule has 1 atom stereocenters. The van der Waals surface area contributed by atoms with Crippen molar-refractivity contribution in [2.75, 3.05) is 19.8 Å². The SMILES string of the molecule is O=C(c1ccccc1-c1ccccc1)N1CCc2oc(C3CCOC3)nc2C1. The molecule has 2 aliphatic rings. The summed E-state index contributed by atoms with van der Waals surface area (Å²) in [5.41, 5.74) is 3.63. The Morgan fingerprint density at radius 1 is 1.07 bits per heavy atom. The van der Waals surface area contributed by atoms with Gasteiger partial charge in [-0.1, -0.05) is 48.5 Å². The molecular formula is C23H22N2O3. The molecule has 5 nitrogen and oxygen atoms in total. The Balaban J connectivity index is 1.40. The maximum atomic E-state index is 13.3. The highest BCUT2D eigenvalue weighted by atomic mass is 16.5. The molecule has 0 N–H and O–H groups in total. The van der Waals surface area contributed by atoms with Crippen LogP contribution in [0.3, 0.4) is 0 Å². The summed E-state index contributed by atoms with van der Waals surface area (Å²) < 4.78 is 11.4. The lowest BCUT2D eigenvalue weighted by Crippen LogP contribution is -2.36. The smallest absolute Gasteiger partial charge is 0.254 e. The molecule has 0 radical (unpaired) electrons. The molecule has 0 bridgehead atoms. The molecule has 2 aromatic carbocycles. The van der Waals surface area contributed by atoms with E-state index in [2.05, 4.69) is 0 Å². The molecule has 0 spiro atoms. The van der Waals surface area contributed by atoms with Crippen LogP contribution in [0.2, 0.25) is 0 Å². The summed E-state index contributed by atoms with van der Waals surface area (Å²) in [5.74, 6) is 1.97. The van der Waals surface area contributed by atoms with Crippen LogP contribution >= 0.6 is 0 Å². The summed E-state index contributed by atoms with van der Waals surface area (Å²) in [5, 5.41) is 0. The van der Waals surface area contributed by atoms with Gasteiger partial charge in [0, 0.05) is 25.1 Å². The predicted molar refractivity (Wildman–Crippen MR) is 105 cm³/mol. The lowest BCUT2D eigenvalue weighted by atomic mass is 9.98. The van der Waals surface area contributed by atoms with E-state index in [0.717, 1.165) is 47.1 Å². The van der Waals surface area contributed by atoms with E-state index < -0.39 is 0 Å². The number of amides is 1. The quantitative estimate of drug-likeness (QED) is 0.694. The fraction of sp³-hybridized carbons (Fsp3) is 0.304. The number of ether oxygens (including phenoxy) is 1. The van der Waals surface area contributed by atoms with E-state index in [9.17, 15) is 4.79 Å². The summed E-state index contributed by atoms with van der Waals surface area (Å²) in [6.07, 6.45) is 1.65. The Morgan fingerprint density at radius 2 is 1.89 bits per heavy atom. The molecule has 1 aromatic heterocycles. The molecular weight excluding hydrogens is 352 g/mol. The second-order valence-corrected chi connectivity index (χ2v) is 7.37. The molecule has 28 heavy (non-hydrogen) atoms. The predicted octanol–water partition coefficient (Wildman–Crippen LogP) is 4.04. The van der Waals surface area contributed by atoms with Crippen molar-refractivity contribution < 1.29 is 13.9 Å². The van der Waals surface area contributed by atoms with E-state index in [-0.39, 0.29) is 11.8 Å². The maximum absolute atomic E-state index is 13.3. The van der Waals surface area contributed by atoms with Crippen LogP contribution in [0.15, 0.2) is 59.0 Å². The van der Waals surface area contributed by atoms with Crippen molar-refractivity contribution in [2.24, 2.45) is 0 Å². The third-order valence-corrected chi connectivity index (χ3v) is 5.55. The molecule has 142 valence electrons. The number of hydrogen-bond acceptors (Lipinski definition) is 4. The van der Waals surface area contributed by atoms with Crippen LogP contribution in [0.25, 0.3) is 11.1 Å². The monoisotopic (exact) mass is 374 g/mol. The minimum Gasteiger partial charge on any atom is -0.445 e. The number of aromatic nitrogens is 1. The van der Waals surface area contributed by atoms with Crippen molar-refractivity contribution in [3.63, 3.8) is 0 Å².